The molecule has 0 fully saturated rings. The first-order chi connectivity index (χ1) is 16.0. The first-order valence-electron chi connectivity index (χ1n) is 10.5. The number of carbonyl (C=O) groups excluding carboxylic acids is 2. The average Bonchev–Trinajstić information content (AvgIpc) is 2.85. The Labute approximate surface area is 204 Å². The zero-order valence-electron chi connectivity index (χ0n) is 18.4. The van der Waals surface area contributed by atoms with E-state index in [0.717, 1.165) is 0 Å². The largest absolute Gasteiger partial charge is 0.394 e. The van der Waals surface area contributed by atoms with E-state index in [4.69, 9.17) is 10.2 Å². The van der Waals surface area contributed by atoms with Crippen LogP contribution in [-0.2, 0) is 9.59 Å². The van der Waals surface area contributed by atoms with Gasteiger partial charge in [0.15, 0.2) is 12.2 Å². The highest BCUT2D eigenvalue weighted by Gasteiger charge is 2.34. The summed E-state index contributed by atoms with van der Waals surface area (Å²) in [5, 5.41) is 98.2. The topological polar surface area (TPSA) is 260 Å². The van der Waals surface area contributed by atoms with Crippen molar-refractivity contribution in [3.63, 3.8) is 0 Å². The monoisotopic (exact) mass is 536 g/mol. The molecule has 0 spiro atoms. The molecule has 0 radical (unpaired) electrons. The van der Waals surface area contributed by atoms with Crippen molar-refractivity contribution >= 4 is 33.4 Å². The van der Waals surface area contributed by atoms with Gasteiger partial charge in [-0.05, 0) is 12.8 Å². The summed E-state index contributed by atoms with van der Waals surface area (Å²) in [5.74, 6) is -0.623. The first-order valence-corrected chi connectivity index (χ1v) is 12.9. The Morgan fingerprint density at radius 2 is 0.912 bits per heavy atom. The van der Waals surface area contributed by atoms with Gasteiger partial charge in [-0.2, -0.15) is 0 Å². The lowest BCUT2D eigenvalue weighted by molar-refractivity contribution is -0.149. The van der Waals surface area contributed by atoms with Crippen LogP contribution in [0.25, 0.3) is 0 Å². The molecule has 12 N–H and O–H groups in total. The molecule has 0 saturated carbocycles. The minimum Gasteiger partial charge on any atom is -0.394 e. The van der Waals surface area contributed by atoms with E-state index in [1.807, 2.05) is 0 Å². The SMILES string of the molecule is O=C(NCCCSSCCCNC(=O)[C@H](O)[C@@H](O)[C@H](O)[C@H](O)CO)[C@H](O)[C@@H](O)[C@H](O)[C@H](O)CO. The molecule has 16 heteroatoms. The van der Waals surface area contributed by atoms with Gasteiger partial charge in [-0.3, -0.25) is 9.59 Å². The minimum atomic E-state index is -1.98. The molecule has 0 aliphatic carbocycles. The molecule has 0 saturated heterocycles. The summed E-state index contributed by atoms with van der Waals surface area (Å²) in [4.78, 5) is 23.5. The van der Waals surface area contributed by atoms with Crippen molar-refractivity contribution in [2.24, 2.45) is 0 Å². The lowest BCUT2D eigenvalue weighted by Gasteiger charge is -2.24. The number of aliphatic hydroxyl groups excluding tert-OH is 10. The van der Waals surface area contributed by atoms with Gasteiger partial charge in [0.25, 0.3) is 11.8 Å². The number of nitrogens with one attached hydrogen (secondary N) is 2. The van der Waals surface area contributed by atoms with Crippen LogP contribution in [0.15, 0.2) is 0 Å². The van der Waals surface area contributed by atoms with Gasteiger partial charge in [0, 0.05) is 24.6 Å². The van der Waals surface area contributed by atoms with E-state index in [1.54, 1.807) is 0 Å². The van der Waals surface area contributed by atoms with Gasteiger partial charge in [0.2, 0.25) is 0 Å². The van der Waals surface area contributed by atoms with Crippen LogP contribution in [0.1, 0.15) is 12.8 Å². The molecule has 0 aromatic rings. The fourth-order valence-electron chi connectivity index (χ4n) is 2.37. The zero-order chi connectivity index (χ0) is 26.3. The van der Waals surface area contributed by atoms with Gasteiger partial charge in [-0.1, -0.05) is 21.6 Å². The van der Waals surface area contributed by atoms with Crippen molar-refractivity contribution in [2.75, 3.05) is 37.8 Å². The molecule has 34 heavy (non-hydrogen) atoms. The van der Waals surface area contributed by atoms with Crippen molar-refractivity contribution in [1.82, 2.24) is 10.6 Å². The number of aliphatic hydroxyl groups is 10. The predicted molar refractivity (Wildman–Crippen MR) is 122 cm³/mol. The maximum atomic E-state index is 11.7. The number of carbonyl (C=O) groups is 2. The third-order valence-corrected chi connectivity index (χ3v) is 7.11. The van der Waals surface area contributed by atoms with E-state index in [-0.39, 0.29) is 13.1 Å². The number of amides is 2. The number of hydrogen-bond donors (Lipinski definition) is 12. The third kappa shape index (κ3) is 12.3. The zero-order valence-corrected chi connectivity index (χ0v) is 20.0. The molecule has 0 aromatic carbocycles. The summed E-state index contributed by atoms with van der Waals surface area (Å²) >= 11 is 0. The third-order valence-electron chi connectivity index (χ3n) is 4.54. The molecule has 0 aliphatic heterocycles. The Hall–Kier alpha value is -0.760. The molecule has 0 rings (SSSR count). The van der Waals surface area contributed by atoms with Crippen molar-refractivity contribution < 1.29 is 60.7 Å². The molecule has 0 unspecified atom stereocenters. The highest BCUT2D eigenvalue weighted by molar-refractivity contribution is 8.76. The molecule has 0 aromatic heterocycles. The van der Waals surface area contributed by atoms with Gasteiger partial charge in [0.05, 0.1) is 13.2 Å². The smallest absolute Gasteiger partial charge is 0.251 e. The van der Waals surface area contributed by atoms with E-state index in [1.165, 1.54) is 21.6 Å². The summed E-state index contributed by atoms with van der Waals surface area (Å²) in [5.41, 5.74) is 0. The standard InChI is InChI=1S/C18H36N2O12S2/c21-7-9(23)11(25)13(27)15(29)17(31)19-3-1-5-33-34-6-2-4-20-18(32)16(30)14(28)12(26)10(24)8-22/h9-16,21-30H,1-8H2,(H,19,31)(H,20,32)/t9-,10-,11-,12-,13+,14+,15-,16-/m1/s1. The second-order valence-electron chi connectivity index (χ2n) is 7.29. The molecule has 0 aliphatic rings. The van der Waals surface area contributed by atoms with E-state index in [9.17, 15) is 50.4 Å². The molecule has 8 atom stereocenters. The van der Waals surface area contributed by atoms with E-state index in [2.05, 4.69) is 10.6 Å². The fraction of sp³-hybridized carbons (Fsp3) is 0.889. The first kappa shape index (κ1) is 33.2. The highest BCUT2D eigenvalue weighted by atomic mass is 33.1. The summed E-state index contributed by atoms with van der Waals surface area (Å²) in [6, 6.07) is 0. The summed E-state index contributed by atoms with van der Waals surface area (Å²) in [6.45, 7) is -1.33. The van der Waals surface area contributed by atoms with Crippen LogP contribution < -0.4 is 10.6 Å². The molecule has 202 valence electrons. The van der Waals surface area contributed by atoms with Crippen LogP contribution in [0.2, 0.25) is 0 Å². The van der Waals surface area contributed by atoms with Gasteiger partial charge in [-0.15, -0.1) is 0 Å². The van der Waals surface area contributed by atoms with Crippen LogP contribution in [0.5, 0.6) is 0 Å². The summed E-state index contributed by atoms with van der Waals surface area (Å²) in [7, 11) is 2.95. The molecule has 0 heterocycles. The van der Waals surface area contributed by atoms with Crippen LogP contribution in [0, 0.1) is 0 Å². The Balaban J connectivity index is 3.88. The maximum absolute atomic E-state index is 11.7. The Bertz CT molecular complexity index is 531. The predicted octanol–water partition coefficient (Wildman–Crippen LogP) is -5.75. The van der Waals surface area contributed by atoms with Gasteiger partial charge in [-0.25, -0.2) is 0 Å². The maximum Gasteiger partial charge on any atom is 0.251 e. The van der Waals surface area contributed by atoms with Crippen LogP contribution in [0.3, 0.4) is 0 Å². The Morgan fingerprint density at radius 3 is 1.21 bits per heavy atom. The molecular weight excluding hydrogens is 500 g/mol. The van der Waals surface area contributed by atoms with Gasteiger partial charge >= 0.3 is 0 Å². The van der Waals surface area contributed by atoms with Gasteiger partial charge < -0.3 is 61.7 Å². The quantitative estimate of drug-likeness (QED) is 0.0542. The van der Waals surface area contributed by atoms with Crippen molar-refractivity contribution in [1.29, 1.82) is 0 Å². The Kier molecular flexibility index (Phi) is 18.1. The van der Waals surface area contributed by atoms with Crippen molar-refractivity contribution in [2.45, 2.75) is 61.7 Å². The number of hydrogen-bond acceptors (Lipinski definition) is 14. The highest BCUT2D eigenvalue weighted by Crippen LogP contribution is 2.22. The van der Waals surface area contributed by atoms with Crippen molar-refractivity contribution in [3.05, 3.63) is 0 Å². The van der Waals surface area contributed by atoms with E-state index < -0.39 is 73.9 Å². The van der Waals surface area contributed by atoms with E-state index >= 15 is 0 Å². The summed E-state index contributed by atoms with van der Waals surface area (Å²) < 4.78 is 0. The average molecular weight is 537 g/mol. The summed E-state index contributed by atoms with van der Waals surface area (Å²) in [6.07, 6.45) is -14.0. The lowest BCUT2D eigenvalue weighted by Crippen LogP contribution is -2.51. The van der Waals surface area contributed by atoms with Crippen molar-refractivity contribution in [3.8, 4) is 0 Å². The van der Waals surface area contributed by atoms with Gasteiger partial charge in [0.1, 0.15) is 36.6 Å². The normalized spacial score (nSPS) is 18.8. The Morgan fingerprint density at radius 1 is 0.588 bits per heavy atom. The molecule has 14 nitrogen and oxygen atoms in total. The molecular formula is C18H36N2O12S2. The molecule has 2 amide bonds. The van der Waals surface area contributed by atoms with Crippen LogP contribution in [0.4, 0.5) is 0 Å². The molecule has 0 bridgehead atoms. The lowest BCUT2D eigenvalue weighted by atomic mass is 10.0. The fourth-order valence-corrected chi connectivity index (χ4v) is 4.54. The second kappa shape index (κ2) is 18.5. The van der Waals surface area contributed by atoms with E-state index in [0.29, 0.717) is 24.3 Å². The van der Waals surface area contributed by atoms with Crippen LogP contribution >= 0.6 is 21.6 Å². The second-order valence-corrected chi connectivity index (χ2v) is 9.99. The number of rotatable bonds is 19. The van der Waals surface area contributed by atoms with Crippen LogP contribution in [-0.4, -0.2) is 150 Å². The minimum absolute atomic E-state index is 0.182.